The summed E-state index contributed by atoms with van der Waals surface area (Å²) < 4.78 is 26.8. The Kier molecular flexibility index (Phi) is 6.30. The Hall–Kier alpha value is 0.510. The molecule has 0 fully saturated rings. The molecule has 12 heavy (non-hydrogen) atoms. The second kappa shape index (κ2) is 6.04. The minimum Gasteiger partial charge on any atom is -0.288 e. The van der Waals surface area contributed by atoms with Gasteiger partial charge in [0.15, 0.2) is 6.66 Å². The molecular formula is C6H12BrO3P2+. The van der Waals surface area contributed by atoms with Crippen LogP contribution in [0.4, 0.5) is 0 Å². The summed E-state index contributed by atoms with van der Waals surface area (Å²) in [6.07, 6.45) is 3.93. The van der Waals surface area contributed by atoms with Crippen LogP contribution in [0.3, 0.4) is 0 Å². The largest absolute Gasteiger partial charge is 0.511 e. The third-order valence-corrected chi connectivity index (χ3v) is 4.53. The highest BCUT2D eigenvalue weighted by Crippen LogP contribution is 2.50. The fraction of sp³-hybridized carbons (Fsp3) is 0.667. The normalized spacial score (nSPS) is 17.8. The van der Waals surface area contributed by atoms with Gasteiger partial charge in [-0.1, -0.05) is 32.4 Å². The van der Waals surface area contributed by atoms with Gasteiger partial charge in [-0.05, 0) is 4.57 Å². The number of hydrogen-bond acceptors (Lipinski definition) is 3. The third-order valence-electron chi connectivity index (χ3n) is 0.981. The molecule has 0 amide bonds. The van der Waals surface area contributed by atoms with E-state index < -0.39 is 15.4 Å². The number of allylic oxidation sites excluding steroid dienone is 2. The number of hydrogen-bond donors (Lipinski definition) is 0. The molecule has 2 atom stereocenters. The first kappa shape index (κ1) is 12.5. The molecule has 0 aromatic carbocycles. The highest BCUT2D eigenvalue weighted by molar-refractivity contribution is 9.09. The Balaban J connectivity index is 3.96. The first-order valence-electron chi connectivity index (χ1n) is 3.36. The number of rotatable bonds is 5. The Labute approximate surface area is 82.0 Å². The maximum absolute atomic E-state index is 11.4. The van der Waals surface area contributed by atoms with Gasteiger partial charge in [0.25, 0.3) is 7.37 Å². The number of alkyl halides is 1. The molecule has 0 aliphatic heterocycles. The van der Waals surface area contributed by atoms with Gasteiger partial charge >= 0.3 is 8.03 Å². The first-order chi connectivity index (χ1) is 5.48. The average molecular weight is 274 g/mol. The van der Waals surface area contributed by atoms with Crippen molar-refractivity contribution in [2.45, 2.75) is 0 Å². The lowest BCUT2D eigenvalue weighted by atomic mass is 10.6. The third kappa shape index (κ3) is 7.17. The summed E-state index contributed by atoms with van der Waals surface area (Å²) >= 11 is 3.19. The predicted octanol–water partition coefficient (Wildman–Crippen LogP) is 3.23. The van der Waals surface area contributed by atoms with Crippen LogP contribution in [0.15, 0.2) is 12.2 Å². The zero-order valence-corrected chi connectivity index (χ0v) is 10.4. The lowest BCUT2D eigenvalue weighted by Crippen LogP contribution is -1.84. The van der Waals surface area contributed by atoms with E-state index in [0.717, 1.165) is 5.33 Å². The fourth-order valence-electron chi connectivity index (χ4n) is 0.606. The van der Waals surface area contributed by atoms with Gasteiger partial charge < -0.3 is 0 Å². The summed E-state index contributed by atoms with van der Waals surface area (Å²) in [6.45, 7) is 2.89. The van der Waals surface area contributed by atoms with Crippen LogP contribution in [0.25, 0.3) is 0 Å². The molecule has 2 unspecified atom stereocenters. The van der Waals surface area contributed by atoms with Gasteiger partial charge in [0.2, 0.25) is 0 Å². The first-order valence-corrected chi connectivity index (χ1v) is 8.36. The lowest BCUT2D eigenvalue weighted by molar-refractivity contribution is 0.482. The van der Waals surface area contributed by atoms with Gasteiger partial charge in [-0.2, -0.15) is 0 Å². The molecule has 6 heteroatoms. The van der Waals surface area contributed by atoms with Gasteiger partial charge in [-0.3, -0.25) is 4.57 Å². The molecule has 0 radical (unpaired) electrons. The van der Waals surface area contributed by atoms with Crippen LogP contribution in [-0.2, 0) is 13.4 Å². The van der Waals surface area contributed by atoms with Crippen LogP contribution in [0, 0.1) is 0 Å². The summed E-state index contributed by atoms with van der Waals surface area (Å²) in [6, 6.07) is 0. The molecule has 70 valence electrons. The SMILES string of the molecule is C[P+](=O)OP(C)(=O)C/C=C/CBr. The summed E-state index contributed by atoms with van der Waals surface area (Å²) in [5.41, 5.74) is 0. The van der Waals surface area contributed by atoms with Crippen LogP contribution in [0.2, 0.25) is 0 Å². The molecule has 0 aliphatic carbocycles. The minimum atomic E-state index is -2.67. The zero-order chi connectivity index (χ0) is 9.61. The molecular weight excluding hydrogens is 262 g/mol. The van der Waals surface area contributed by atoms with Gasteiger partial charge in [0.1, 0.15) is 0 Å². The summed E-state index contributed by atoms with van der Waals surface area (Å²) in [5.74, 6) is 0. The van der Waals surface area contributed by atoms with Crippen molar-refractivity contribution in [3.05, 3.63) is 12.2 Å². The second-order valence-corrected chi connectivity index (χ2v) is 6.92. The van der Waals surface area contributed by atoms with Crippen LogP contribution >= 0.6 is 31.3 Å². The van der Waals surface area contributed by atoms with Gasteiger partial charge in [-0.15, -0.1) is 0 Å². The van der Waals surface area contributed by atoms with Crippen molar-refractivity contribution in [1.82, 2.24) is 0 Å². The standard InChI is InChI=1S/C6H12BrO3P2/c1-11(8)10-12(2,9)6-4-3-5-7/h3-4H,5-6H2,1-2H3/q+1/b4-3+. The lowest BCUT2D eigenvalue weighted by Gasteiger charge is -1.99. The van der Waals surface area contributed by atoms with Crippen molar-refractivity contribution < 1.29 is 13.4 Å². The van der Waals surface area contributed by atoms with E-state index in [9.17, 15) is 9.13 Å². The van der Waals surface area contributed by atoms with Crippen LogP contribution < -0.4 is 0 Å². The van der Waals surface area contributed by atoms with Crippen LogP contribution in [-0.4, -0.2) is 24.8 Å². The van der Waals surface area contributed by atoms with E-state index >= 15 is 0 Å². The molecule has 0 aliphatic rings. The van der Waals surface area contributed by atoms with E-state index in [1.165, 1.54) is 13.3 Å². The van der Waals surface area contributed by atoms with Crippen molar-refractivity contribution in [1.29, 1.82) is 0 Å². The van der Waals surface area contributed by atoms with E-state index in [1.807, 2.05) is 6.08 Å². The Morgan fingerprint density at radius 3 is 2.58 bits per heavy atom. The van der Waals surface area contributed by atoms with Crippen molar-refractivity contribution in [2.24, 2.45) is 0 Å². The van der Waals surface area contributed by atoms with Crippen molar-refractivity contribution in [2.75, 3.05) is 24.8 Å². The molecule has 0 saturated carbocycles. The van der Waals surface area contributed by atoms with Gasteiger partial charge in [0.05, 0.1) is 0 Å². The molecule has 3 nitrogen and oxygen atoms in total. The molecule has 0 saturated heterocycles. The summed E-state index contributed by atoms with van der Waals surface area (Å²) in [7, 11) is -4.44. The number of halogens is 1. The van der Waals surface area contributed by atoms with E-state index in [-0.39, 0.29) is 0 Å². The monoisotopic (exact) mass is 273 g/mol. The maximum Gasteiger partial charge on any atom is 0.511 e. The second-order valence-electron chi connectivity index (χ2n) is 2.34. The Morgan fingerprint density at radius 1 is 1.58 bits per heavy atom. The molecule has 0 N–H and O–H groups in total. The quantitative estimate of drug-likeness (QED) is 0.439. The molecule has 0 bridgehead atoms. The minimum absolute atomic E-state index is 0.341. The van der Waals surface area contributed by atoms with Crippen LogP contribution in [0.1, 0.15) is 0 Å². The molecule has 0 aromatic rings. The Bertz CT molecular complexity index is 227. The molecule has 0 heterocycles. The van der Waals surface area contributed by atoms with E-state index in [4.69, 9.17) is 4.31 Å². The van der Waals surface area contributed by atoms with Gasteiger partial charge in [-0.25, -0.2) is 0 Å². The smallest absolute Gasteiger partial charge is 0.288 e. The van der Waals surface area contributed by atoms with E-state index in [1.54, 1.807) is 6.08 Å². The van der Waals surface area contributed by atoms with Crippen molar-refractivity contribution >= 4 is 31.3 Å². The van der Waals surface area contributed by atoms with Crippen molar-refractivity contribution in [3.63, 3.8) is 0 Å². The fourth-order valence-corrected chi connectivity index (χ4v) is 3.61. The highest BCUT2D eigenvalue weighted by atomic mass is 79.9. The summed E-state index contributed by atoms with van der Waals surface area (Å²) in [5, 5.41) is 0.727. The molecule has 0 spiro atoms. The molecule has 0 aromatic heterocycles. The van der Waals surface area contributed by atoms with E-state index in [0.29, 0.717) is 6.16 Å². The molecule has 0 rings (SSSR count). The summed E-state index contributed by atoms with van der Waals surface area (Å²) in [4.78, 5) is 0. The average Bonchev–Trinajstić information content (AvgIpc) is 1.84. The van der Waals surface area contributed by atoms with Crippen molar-refractivity contribution in [3.8, 4) is 0 Å². The van der Waals surface area contributed by atoms with Crippen LogP contribution in [0.5, 0.6) is 0 Å². The predicted molar refractivity (Wildman–Crippen MR) is 55.9 cm³/mol. The van der Waals surface area contributed by atoms with E-state index in [2.05, 4.69) is 15.9 Å². The maximum atomic E-state index is 11.4. The zero-order valence-electron chi connectivity index (χ0n) is 7.07. The highest BCUT2D eigenvalue weighted by Gasteiger charge is 2.24. The Morgan fingerprint density at radius 2 is 2.17 bits per heavy atom. The van der Waals surface area contributed by atoms with Gasteiger partial charge in [0, 0.05) is 18.2 Å². The topological polar surface area (TPSA) is 43.4 Å².